The molecule has 1 atom stereocenters. The third-order valence-corrected chi connectivity index (χ3v) is 9.24. The number of piperazine rings is 1. The van der Waals surface area contributed by atoms with Gasteiger partial charge in [-0.1, -0.05) is 0 Å². The third-order valence-electron chi connectivity index (χ3n) is 5.50. The van der Waals surface area contributed by atoms with Crippen LogP contribution in [0.4, 0.5) is 0 Å². The number of rotatable bonds is 7. The molecular weight excluding hydrogens is 557 g/mol. The van der Waals surface area contributed by atoms with Crippen LogP contribution in [-0.2, 0) is 16.4 Å². The van der Waals surface area contributed by atoms with Crippen LogP contribution in [0.5, 0.6) is 0 Å². The van der Waals surface area contributed by atoms with Gasteiger partial charge in [-0.3, -0.25) is 0 Å². The standard InChI is InChI=1S/C22H26AsN5O3S2.ClH/c1-27-10-12-28(13-11-27)33(30,31)18-6-4-16(5-7-18)19-15-25-21(23)20(26-19)22(29)24-9-8-17-3-2-14-32-17;/h2-7,14-15H,8-13,23H2,1H3,(H,24,29);1H. The summed E-state index contributed by atoms with van der Waals surface area (Å²) in [6, 6.07) is 10.6. The van der Waals surface area contributed by atoms with Gasteiger partial charge in [-0.2, -0.15) is 0 Å². The molecule has 2 aromatic heterocycles. The molecule has 1 aliphatic heterocycles. The molecule has 0 radical (unpaired) electrons. The molecule has 1 saturated heterocycles. The predicted octanol–water partition coefficient (Wildman–Crippen LogP) is 0.794. The van der Waals surface area contributed by atoms with Crippen molar-refractivity contribution in [3.63, 3.8) is 0 Å². The van der Waals surface area contributed by atoms with Crippen LogP contribution in [0.15, 0.2) is 52.9 Å². The van der Waals surface area contributed by atoms with E-state index in [-0.39, 0.29) is 23.2 Å². The molecule has 8 nitrogen and oxygen atoms in total. The first-order valence-electron chi connectivity index (χ1n) is 10.6. The predicted molar refractivity (Wildman–Crippen MR) is 140 cm³/mol. The number of thiophene rings is 1. The number of aromatic nitrogens is 2. The Morgan fingerprint density at radius 1 is 1.15 bits per heavy atom. The normalized spacial score (nSPS) is 15.0. The molecule has 1 amide bonds. The molecule has 0 aliphatic carbocycles. The Morgan fingerprint density at radius 2 is 1.85 bits per heavy atom. The summed E-state index contributed by atoms with van der Waals surface area (Å²) in [6.07, 6.45) is 2.38. The number of benzene rings is 1. The molecule has 3 heterocycles. The van der Waals surface area contributed by atoms with E-state index in [1.54, 1.807) is 41.8 Å². The van der Waals surface area contributed by atoms with Gasteiger partial charge in [-0.05, 0) is 7.05 Å². The zero-order chi connectivity index (χ0) is 23.4. The van der Waals surface area contributed by atoms with Gasteiger partial charge in [-0.15, -0.1) is 12.4 Å². The van der Waals surface area contributed by atoms with E-state index in [2.05, 4.69) is 20.2 Å². The van der Waals surface area contributed by atoms with Crippen molar-refractivity contribution in [2.45, 2.75) is 11.3 Å². The maximum absolute atomic E-state index is 12.9. The SMILES string of the molecule is CN1CCN(S(=O)(=O)c2ccc(-c3cnc([AsH2])c(C(=O)NCCc4cccs4)n3)cc2)CC1.Cl. The van der Waals surface area contributed by atoms with E-state index in [1.807, 2.05) is 24.6 Å². The Morgan fingerprint density at radius 3 is 2.50 bits per heavy atom. The minimum Gasteiger partial charge on any atom is -0.147 e. The average molecular weight is 584 g/mol. The second-order valence-electron chi connectivity index (χ2n) is 7.81. The van der Waals surface area contributed by atoms with Gasteiger partial charge in [0, 0.05) is 0 Å². The van der Waals surface area contributed by atoms with Crippen LogP contribution >= 0.6 is 23.7 Å². The monoisotopic (exact) mass is 583 g/mol. The van der Waals surface area contributed by atoms with Gasteiger partial charge in [0.15, 0.2) is 0 Å². The van der Waals surface area contributed by atoms with Crippen molar-refractivity contribution in [1.82, 2.24) is 24.5 Å². The van der Waals surface area contributed by atoms with E-state index in [0.29, 0.717) is 41.1 Å². The van der Waals surface area contributed by atoms with Crippen molar-refractivity contribution in [1.29, 1.82) is 0 Å². The van der Waals surface area contributed by atoms with Crippen LogP contribution in [0.3, 0.4) is 0 Å². The van der Waals surface area contributed by atoms with Crippen LogP contribution < -0.4 is 9.80 Å². The quantitative estimate of drug-likeness (QED) is 0.414. The Bertz CT molecular complexity index is 1220. The summed E-state index contributed by atoms with van der Waals surface area (Å²) in [7, 11) is -1.54. The van der Waals surface area contributed by atoms with E-state index in [0.717, 1.165) is 19.5 Å². The number of nitrogens with zero attached hydrogens (tertiary/aromatic N) is 4. The Labute approximate surface area is 218 Å². The minimum absolute atomic E-state index is 0. The van der Waals surface area contributed by atoms with Crippen molar-refractivity contribution >= 4 is 61.0 Å². The van der Waals surface area contributed by atoms with Crippen LogP contribution in [0.25, 0.3) is 11.3 Å². The first kappa shape index (κ1) is 26.8. The van der Waals surface area contributed by atoms with Crippen LogP contribution in [0.2, 0.25) is 0 Å². The zero-order valence-electron chi connectivity index (χ0n) is 18.7. The van der Waals surface area contributed by atoms with E-state index in [1.165, 1.54) is 26.0 Å². The fraction of sp³-hybridized carbons (Fsp3) is 0.318. The van der Waals surface area contributed by atoms with Gasteiger partial charge in [0.25, 0.3) is 0 Å². The summed E-state index contributed by atoms with van der Waals surface area (Å²) in [4.78, 5) is 25.1. The van der Waals surface area contributed by atoms with Gasteiger partial charge in [0.2, 0.25) is 0 Å². The van der Waals surface area contributed by atoms with E-state index >= 15 is 0 Å². The van der Waals surface area contributed by atoms with Gasteiger partial charge >= 0.3 is 195 Å². The van der Waals surface area contributed by atoms with E-state index in [9.17, 15) is 13.2 Å². The molecule has 1 aromatic carbocycles. The molecule has 4 rings (SSSR count). The fourth-order valence-corrected chi connectivity index (χ4v) is 6.22. The number of amides is 1. The molecule has 1 aliphatic rings. The first-order valence-corrected chi connectivity index (χ1v) is 14.1. The van der Waals surface area contributed by atoms with E-state index < -0.39 is 10.0 Å². The second-order valence-corrected chi connectivity index (χ2v) is 11.9. The summed E-state index contributed by atoms with van der Waals surface area (Å²) in [5.41, 5.74) is 1.54. The Balaban J connectivity index is 0.00000324. The third kappa shape index (κ3) is 6.24. The van der Waals surface area contributed by atoms with Crippen molar-refractivity contribution < 1.29 is 13.2 Å². The number of hydrogen-bond acceptors (Lipinski definition) is 7. The van der Waals surface area contributed by atoms with Crippen molar-refractivity contribution in [3.05, 3.63) is 58.5 Å². The van der Waals surface area contributed by atoms with Crippen LogP contribution in [0.1, 0.15) is 15.4 Å². The van der Waals surface area contributed by atoms with Gasteiger partial charge < -0.3 is 4.90 Å². The summed E-state index contributed by atoms with van der Waals surface area (Å²) in [5.74, 6) is -0.255. The molecule has 1 unspecified atom stereocenters. The molecule has 182 valence electrons. The molecule has 0 bridgehead atoms. The van der Waals surface area contributed by atoms with Gasteiger partial charge in [0.1, 0.15) is 0 Å². The smallest absolute Gasteiger partial charge is 0.147 e. The first-order chi connectivity index (χ1) is 15.8. The molecule has 1 N–H and O–H groups in total. The zero-order valence-corrected chi connectivity index (χ0v) is 23.5. The minimum atomic E-state index is -3.53. The molecule has 34 heavy (non-hydrogen) atoms. The molecular formula is C22H27AsClN5O3S2. The molecule has 3 aromatic rings. The maximum atomic E-state index is 12.9. The number of hydrogen-bond donors (Lipinski definition) is 1. The average Bonchev–Trinajstić information content (AvgIpc) is 3.33. The van der Waals surface area contributed by atoms with Crippen molar-refractivity contribution in [2.75, 3.05) is 39.8 Å². The Hall–Kier alpha value is -1.81. The van der Waals surface area contributed by atoms with E-state index in [4.69, 9.17) is 0 Å². The number of halogens is 1. The number of carbonyl (C=O) groups is 1. The molecule has 0 spiro atoms. The van der Waals surface area contributed by atoms with Crippen LogP contribution in [-0.4, -0.2) is 90.1 Å². The topological polar surface area (TPSA) is 95.5 Å². The summed E-state index contributed by atoms with van der Waals surface area (Å²) >= 11 is 2.89. The summed E-state index contributed by atoms with van der Waals surface area (Å²) < 4.78 is 28.0. The number of nitrogens with one attached hydrogen (secondary N) is 1. The molecule has 1 fully saturated rings. The summed E-state index contributed by atoms with van der Waals surface area (Å²) in [6.45, 7) is 2.93. The second kappa shape index (κ2) is 11.7. The molecule has 0 saturated carbocycles. The number of sulfonamides is 1. The van der Waals surface area contributed by atoms with Crippen LogP contribution in [0, 0.1) is 0 Å². The van der Waals surface area contributed by atoms with Gasteiger partial charge in [-0.25, -0.2) is 0 Å². The number of carbonyl (C=O) groups excluding carboxylic acids is 1. The van der Waals surface area contributed by atoms with Gasteiger partial charge in [0.05, 0.1) is 0 Å². The Kier molecular flexibility index (Phi) is 9.26. The number of likely N-dealkylation sites (N-methyl/N-ethyl adjacent to an activating group) is 1. The van der Waals surface area contributed by atoms with Crippen molar-refractivity contribution in [3.8, 4) is 11.3 Å². The molecule has 12 heteroatoms. The summed E-state index contributed by atoms with van der Waals surface area (Å²) in [5, 5.41) is 4.93. The van der Waals surface area contributed by atoms with Crippen molar-refractivity contribution in [2.24, 2.45) is 0 Å². The fourth-order valence-electron chi connectivity index (χ4n) is 3.52.